The fourth-order valence-corrected chi connectivity index (χ4v) is 0.571. The summed E-state index contributed by atoms with van der Waals surface area (Å²) in [6.07, 6.45) is 7.28. The summed E-state index contributed by atoms with van der Waals surface area (Å²) in [7, 11) is 0. The van der Waals surface area contributed by atoms with E-state index in [1.807, 2.05) is 0 Å². The first-order valence-corrected chi connectivity index (χ1v) is 5.49. The van der Waals surface area contributed by atoms with Crippen LogP contribution in [0.25, 0.3) is 0 Å². The Hall–Kier alpha value is -1.66. The van der Waals surface area contributed by atoms with Gasteiger partial charge in [-0.05, 0) is 25.1 Å². The average molecular weight is 260 g/mol. The first-order chi connectivity index (χ1) is 7.95. The van der Waals surface area contributed by atoms with E-state index in [0.717, 1.165) is 18.7 Å². The Morgan fingerprint density at radius 1 is 1.00 bits per heavy atom. The van der Waals surface area contributed by atoms with Gasteiger partial charge in [-0.15, -0.1) is 0 Å². The van der Waals surface area contributed by atoms with Crippen molar-refractivity contribution in [1.82, 2.24) is 6.15 Å². The average Bonchev–Trinajstić information content (AvgIpc) is 2.31. The molecule has 0 saturated heterocycles. The van der Waals surface area contributed by atoms with E-state index in [-0.39, 0.29) is 6.15 Å². The highest BCUT2D eigenvalue weighted by molar-refractivity contribution is 5.85. The number of nitrogens with two attached hydrogens (primary N) is 3. The van der Waals surface area contributed by atoms with Crippen molar-refractivity contribution in [1.29, 1.82) is 0 Å². The van der Waals surface area contributed by atoms with Crippen LogP contribution < -0.4 is 23.4 Å². The topological polar surface area (TPSA) is 147 Å². The van der Waals surface area contributed by atoms with Gasteiger partial charge in [0, 0.05) is 0 Å². The van der Waals surface area contributed by atoms with Crippen LogP contribution in [-0.4, -0.2) is 18.4 Å². The first-order valence-electron chi connectivity index (χ1n) is 5.49. The fraction of sp³-hybridized carbons (Fsp3) is 0.500. The molecular weight excluding hydrogens is 232 g/mol. The highest BCUT2D eigenvalue weighted by Crippen LogP contribution is 1.95. The zero-order chi connectivity index (χ0) is 14.1. The van der Waals surface area contributed by atoms with Crippen molar-refractivity contribution in [3.05, 3.63) is 25.3 Å². The van der Waals surface area contributed by atoms with Crippen LogP contribution in [0.3, 0.4) is 0 Å². The van der Waals surface area contributed by atoms with Crippen molar-refractivity contribution in [2.45, 2.75) is 32.6 Å². The Balaban J connectivity index is -0.0000000813. The molecule has 0 aromatic heterocycles. The largest absolute Gasteiger partial charge is 0.366 e. The van der Waals surface area contributed by atoms with Crippen LogP contribution in [0.1, 0.15) is 32.6 Å². The number of amides is 2. The van der Waals surface area contributed by atoms with Gasteiger partial charge in [-0.2, -0.15) is 0 Å². The Kier molecular flexibility index (Phi) is 34.4. The van der Waals surface area contributed by atoms with Gasteiger partial charge in [-0.1, -0.05) is 39.3 Å². The molecule has 0 radical (unpaired) electrons. The van der Waals surface area contributed by atoms with Crippen molar-refractivity contribution < 1.29 is 9.59 Å². The van der Waals surface area contributed by atoms with Crippen LogP contribution in [0.5, 0.6) is 0 Å². The van der Waals surface area contributed by atoms with Crippen LogP contribution in [0.2, 0.25) is 0 Å². The summed E-state index contributed by atoms with van der Waals surface area (Å²) in [6, 6.07) is 0. The summed E-state index contributed by atoms with van der Waals surface area (Å²) in [6.45, 7) is 9.24. The molecule has 0 aromatic rings. The van der Waals surface area contributed by atoms with Gasteiger partial charge in [0.1, 0.15) is 0 Å². The van der Waals surface area contributed by atoms with E-state index < -0.39 is 11.8 Å². The monoisotopic (exact) mass is 260 g/mol. The number of primary amides is 2. The molecule has 0 aliphatic heterocycles. The molecule has 0 aliphatic rings. The zero-order valence-corrected chi connectivity index (χ0v) is 11.4. The van der Waals surface area contributed by atoms with E-state index in [1.165, 1.54) is 25.7 Å². The zero-order valence-electron chi connectivity index (χ0n) is 11.4. The Morgan fingerprint density at radius 2 is 1.33 bits per heavy atom. The molecule has 0 spiro atoms. The fourth-order valence-electron chi connectivity index (χ4n) is 0.571. The molecule has 0 rings (SSSR count). The summed E-state index contributed by atoms with van der Waals surface area (Å²) >= 11 is 0. The number of rotatable bonds is 6. The maximum Gasteiger partial charge on any atom is 0.240 e. The number of carbonyl (C=O) groups is 2. The third-order valence-electron chi connectivity index (χ3n) is 1.46. The number of unbranched alkanes of at least 4 members (excludes halogenated alkanes) is 3. The molecule has 0 bridgehead atoms. The normalized spacial score (nSPS) is 7.22. The van der Waals surface area contributed by atoms with E-state index in [9.17, 15) is 9.59 Å². The third-order valence-corrected chi connectivity index (χ3v) is 1.46. The maximum atomic E-state index is 9.47. The lowest BCUT2D eigenvalue weighted by molar-refractivity contribution is -0.114. The molecule has 0 aromatic carbocycles. The summed E-state index contributed by atoms with van der Waals surface area (Å²) < 4.78 is 0. The SMILES string of the molecule is C=CC(N)=O.C=CC(N)=O.CCCCCCN.N. The van der Waals surface area contributed by atoms with Crippen LogP contribution in [0.4, 0.5) is 0 Å². The van der Waals surface area contributed by atoms with Gasteiger partial charge < -0.3 is 23.4 Å². The highest BCUT2D eigenvalue weighted by Gasteiger charge is 1.80. The van der Waals surface area contributed by atoms with Gasteiger partial charge >= 0.3 is 0 Å². The summed E-state index contributed by atoms with van der Waals surface area (Å²) in [5, 5.41) is 0. The van der Waals surface area contributed by atoms with E-state index in [1.54, 1.807) is 0 Å². The second-order valence-corrected chi connectivity index (χ2v) is 3.06. The molecule has 0 atom stereocenters. The highest BCUT2D eigenvalue weighted by atomic mass is 16.1. The van der Waals surface area contributed by atoms with Gasteiger partial charge in [0.25, 0.3) is 0 Å². The summed E-state index contributed by atoms with van der Waals surface area (Å²) in [5.41, 5.74) is 14.3. The molecule has 6 nitrogen and oxygen atoms in total. The molecule has 0 saturated carbocycles. The lowest BCUT2D eigenvalue weighted by atomic mass is 10.2. The standard InChI is InChI=1S/C6H15N.2C3H5NO.H3N/c1-2-3-4-5-6-7;2*1-2-3(4)5;/h2-7H2,1H3;2*2H,1H2,(H2,4,5);1H3. The Bertz CT molecular complexity index is 196. The minimum atomic E-state index is -0.481. The molecule has 6 heteroatoms. The molecule has 0 aliphatic carbocycles. The Labute approximate surface area is 110 Å². The van der Waals surface area contributed by atoms with E-state index >= 15 is 0 Å². The van der Waals surface area contributed by atoms with Crippen molar-refractivity contribution >= 4 is 11.8 Å². The lowest BCUT2D eigenvalue weighted by Crippen LogP contribution is -2.04. The molecule has 0 heterocycles. The van der Waals surface area contributed by atoms with Crippen molar-refractivity contribution in [2.24, 2.45) is 17.2 Å². The van der Waals surface area contributed by atoms with Gasteiger partial charge in [-0.3, -0.25) is 9.59 Å². The smallest absolute Gasteiger partial charge is 0.240 e. The molecule has 18 heavy (non-hydrogen) atoms. The van der Waals surface area contributed by atoms with Crippen LogP contribution in [0.15, 0.2) is 25.3 Å². The second kappa shape index (κ2) is 24.5. The summed E-state index contributed by atoms with van der Waals surface area (Å²) in [5.74, 6) is -0.963. The molecule has 0 unspecified atom stereocenters. The minimum Gasteiger partial charge on any atom is -0.366 e. The Morgan fingerprint density at radius 3 is 1.50 bits per heavy atom. The first kappa shape index (κ1) is 25.3. The van der Waals surface area contributed by atoms with Crippen molar-refractivity contribution in [3.63, 3.8) is 0 Å². The predicted molar refractivity (Wildman–Crippen MR) is 77.0 cm³/mol. The number of carbonyl (C=O) groups excluding carboxylic acids is 2. The van der Waals surface area contributed by atoms with Crippen LogP contribution >= 0.6 is 0 Å². The van der Waals surface area contributed by atoms with Crippen LogP contribution in [0, 0.1) is 0 Å². The van der Waals surface area contributed by atoms with E-state index in [4.69, 9.17) is 5.73 Å². The van der Waals surface area contributed by atoms with Gasteiger partial charge in [0.2, 0.25) is 11.8 Å². The molecule has 2 amide bonds. The minimum absolute atomic E-state index is 0. The maximum absolute atomic E-state index is 9.47. The van der Waals surface area contributed by atoms with Gasteiger partial charge in [0.05, 0.1) is 0 Å². The van der Waals surface area contributed by atoms with Gasteiger partial charge in [0.15, 0.2) is 0 Å². The summed E-state index contributed by atoms with van der Waals surface area (Å²) in [4.78, 5) is 18.9. The van der Waals surface area contributed by atoms with Gasteiger partial charge in [-0.25, -0.2) is 0 Å². The quantitative estimate of drug-likeness (QED) is 0.416. The van der Waals surface area contributed by atoms with Crippen molar-refractivity contribution in [2.75, 3.05) is 6.54 Å². The third kappa shape index (κ3) is 63.5. The number of hydrogen-bond donors (Lipinski definition) is 4. The molecule has 108 valence electrons. The number of hydrogen-bond acceptors (Lipinski definition) is 4. The molecular formula is C12H28N4O2. The van der Waals surface area contributed by atoms with Crippen molar-refractivity contribution in [3.8, 4) is 0 Å². The van der Waals surface area contributed by atoms with E-state index in [0.29, 0.717) is 0 Å². The second-order valence-electron chi connectivity index (χ2n) is 3.06. The van der Waals surface area contributed by atoms with Crippen LogP contribution in [-0.2, 0) is 9.59 Å². The predicted octanol–water partition coefficient (Wildman–Crippen LogP) is 1.00. The molecule has 0 fully saturated rings. The lowest BCUT2D eigenvalue weighted by Gasteiger charge is -1.90. The van der Waals surface area contributed by atoms with E-state index in [2.05, 4.69) is 31.5 Å². The molecule has 9 N–H and O–H groups in total.